The molecular weight excluding hydrogens is 294 g/mol. The van der Waals surface area contributed by atoms with E-state index < -0.39 is 0 Å². The molecule has 0 spiro atoms. The van der Waals surface area contributed by atoms with Crippen molar-refractivity contribution in [2.24, 2.45) is 0 Å². The van der Waals surface area contributed by atoms with E-state index in [2.05, 4.69) is 31.2 Å². The van der Waals surface area contributed by atoms with Gasteiger partial charge in [-0.15, -0.1) is 0 Å². The number of rotatable bonds is 3. The van der Waals surface area contributed by atoms with Crippen molar-refractivity contribution in [3.05, 3.63) is 35.1 Å². The van der Waals surface area contributed by atoms with Gasteiger partial charge in [-0.3, -0.25) is 0 Å². The largest absolute Gasteiger partial charge is 0.393 e. The zero-order valence-corrected chi connectivity index (χ0v) is 11.8. The quantitative estimate of drug-likeness (QED) is 0.912. The van der Waals surface area contributed by atoms with Crippen molar-refractivity contribution >= 4 is 38.9 Å². The summed E-state index contributed by atoms with van der Waals surface area (Å²) in [4.78, 5) is 10.1. The molecule has 0 aliphatic rings. The van der Waals surface area contributed by atoms with Crippen molar-refractivity contribution in [2.45, 2.75) is 0 Å². The second-order valence-electron chi connectivity index (χ2n) is 3.99. The lowest BCUT2D eigenvalue weighted by Gasteiger charge is -2.16. The van der Waals surface area contributed by atoms with Gasteiger partial charge in [0, 0.05) is 24.3 Å². The highest BCUT2D eigenvalue weighted by atomic mass is 79.9. The van der Waals surface area contributed by atoms with Gasteiger partial charge >= 0.3 is 0 Å². The molecule has 6 heteroatoms. The van der Waals surface area contributed by atoms with Gasteiger partial charge in [0.25, 0.3) is 0 Å². The molecule has 0 aliphatic carbocycles. The molecule has 1 aromatic heterocycles. The van der Waals surface area contributed by atoms with E-state index in [1.807, 2.05) is 43.3 Å². The SMILES string of the molecule is CN(C)c1ncnc(Nc2cccc(Br)c2)c1N. The third-order valence-corrected chi connectivity index (χ3v) is 2.87. The molecule has 5 nitrogen and oxygen atoms in total. The Labute approximate surface area is 114 Å². The van der Waals surface area contributed by atoms with Gasteiger partial charge in [-0.2, -0.15) is 0 Å². The molecule has 0 amide bonds. The molecule has 18 heavy (non-hydrogen) atoms. The Bertz CT molecular complexity index is 556. The zero-order valence-electron chi connectivity index (χ0n) is 10.2. The van der Waals surface area contributed by atoms with Crippen LogP contribution >= 0.6 is 15.9 Å². The first-order chi connectivity index (χ1) is 8.58. The number of nitrogens with zero attached hydrogens (tertiary/aromatic N) is 3. The number of benzene rings is 1. The fourth-order valence-electron chi connectivity index (χ4n) is 1.55. The minimum atomic E-state index is 0.530. The number of nitrogen functional groups attached to an aromatic ring is 1. The van der Waals surface area contributed by atoms with Gasteiger partial charge in [-0.1, -0.05) is 22.0 Å². The lowest BCUT2D eigenvalue weighted by atomic mass is 10.3. The molecule has 0 aliphatic heterocycles. The van der Waals surface area contributed by atoms with E-state index in [9.17, 15) is 0 Å². The van der Waals surface area contributed by atoms with Gasteiger partial charge in [0.05, 0.1) is 0 Å². The van der Waals surface area contributed by atoms with Crippen LogP contribution in [0.15, 0.2) is 35.1 Å². The Balaban J connectivity index is 2.32. The highest BCUT2D eigenvalue weighted by Crippen LogP contribution is 2.27. The van der Waals surface area contributed by atoms with E-state index in [-0.39, 0.29) is 0 Å². The molecule has 0 bridgehead atoms. The van der Waals surface area contributed by atoms with Crippen molar-refractivity contribution in [1.82, 2.24) is 9.97 Å². The van der Waals surface area contributed by atoms with E-state index in [1.165, 1.54) is 6.33 Å². The molecule has 0 saturated carbocycles. The van der Waals surface area contributed by atoms with Crippen molar-refractivity contribution < 1.29 is 0 Å². The highest BCUT2D eigenvalue weighted by Gasteiger charge is 2.09. The number of nitrogens with two attached hydrogens (primary N) is 1. The number of hydrogen-bond acceptors (Lipinski definition) is 5. The maximum Gasteiger partial charge on any atom is 0.159 e. The van der Waals surface area contributed by atoms with Crippen LogP contribution in [0.2, 0.25) is 0 Å². The fourth-order valence-corrected chi connectivity index (χ4v) is 1.94. The predicted octanol–water partition coefficient (Wildman–Crippen LogP) is 2.63. The van der Waals surface area contributed by atoms with E-state index in [0.717, 1.165) is 10.2 Å². The Morgan fingerprint density at radius 1 is 1.28 bits per heavy atom. The molecule has 1 aromatic carbocycles. The molecule has 0 atom stereocenters. The zero-order chi connectivity index (χ0) is 13.1. The summed E-state index contributed by atoms with van der Waals surface area (Å²) in [6, 6.07) is 7.80. The number of nitrogens with one attached hydrogen (secondary N) is 1. The molecule has 2 aromatic rings. The molecule has 1 heterocycles. The van der Waals surface area contributed by atoms with Gasteiger partial charge in [-0.25, -0.2) is 9.97 Å². The summed E-state index contributed by atoms with van der Waals surface area (Å²) < 4.78 is 0.993. The van der Waals surface area contributed by atoms with Crippen LogP contribution in [-0.2, 0) is 0 Å². The van der Waals surface area contributed by atoms with Crippen molar-refractivity contribution in [3.8, 4) is 0 Å². The maximum absolute atomic E-state index is 6.03. The summed E-state index contributed by atoms with van der Waals surface area (Å²) in [6.45, 7) is 0. The van der Waals surface area contributed by atoms with Gasteiger partial charge in [0.2, 0.25) is 0 Å². The first-order valence-corrected chi connectivity index (χ1v) is 6.17. The third kappa shape index (κ3) is 2.70. The maximum atomic E-state index is 6.03. The smallest absolute Gasteiger partial charge is 0.159 e. The number of aromatic nitrogens is 2. The topological polar surface area (TPSA) is 67.1 Å². The van der Waals surface area contributed by atoms with Gasteiger partial charge in [0.15, 0.2) is 11.6 Å². The van der Waals surface area contributed by atoms with Crippen LogP contribution in [-0.4, -0.2) is 24.1 Å². The van der Waals surface area contributed by atoms with Gasteiger partial charge < -0.3 is 16.0 Å². The van der Waals surface area contributed by atoms with E-state index >= 15 is 0 Å². The molecule has 0 unspecified atom stereocenters. The van der Waals surface area contributed by atoms with Crippen LogP contribution in [0.25, 0.3) is 0 Å². The summed E-state index contributed by atoms with van der Waals surface area (Å²) in [6.07, 6.45) is 1.49. The average molecular weight is 308 g/mol. The van der Waals surface area contributed by atoms with Crippen LogP contribution in [0, 0.1) is 0 Å². The summed E-state index contributed by atoms with van der Waals surface area (Å²) in [5.41, 5.74) is 7.48. The Hall–Kier alpha value is -1.82. The summed E-state index contributed by atoms with van der Waals surface area (Å²) in [5.74, 6) is 1.30. The molecule has 0 radical (unpaired) electrons. The Morgan fingerprint density at radius 2 is 2.06 bits per heavy atom. The van der Waals surface area contributed by atoms with Crippen LogP contribution in [0.1, 0.15) is 0 Å². The summed E-state index contributed by atoms with van der Waals surface area (Å²) in [7, 11) is 3.78. The lowest BCUT2D eigenvalue weighted by Crippen LogP contribution is -2.14. The number of hydrogen-bond donors (Lipinski definition) is 2. The number of halogens is 1. The first-order valence-electron chi connectivity index (χ1n) is 5.38. The van der Waals surface area contributed by atoms with E-state index in [1.54, 1.807) is 0 Å². The van der Waals surface area contributed by atoms with Crippen molar-refractivity contribution in [1.29, 1.82) is 0 Å². The molecule has 0 fully saturated rings. The monoisotopic (exact) mass is 307 g/mol. The second-order valence-corrected chi connectivity index (χ2v) is 4.91. The average Bonchev–Trinajstić information content (AvgIpc) is 2.31. The number of anilines is 4. The fraction of sp³-hybridized carbons (Fsp3) is 0.167. The lowest BCUT2D eigenvalue weighted by molar-refractivity contribution is 1.04. The normalized spacial score (nSPS) is 10.2. The second kappa shape index (κ2) is 5.22. The summed E-state index contributed by atoms with van der Waals surface area (Å²) in [5, 5.41) is 3.18. The third-order valence-electron chi connectivity index (χ3n) is 2.37. The van der Waals surface area contributed by atoms with Gasteiger partial charge in [0.1, 0.15) is 12.0 Å². The summed E-state index contributed by atoms with van der Waals surface area (Å²) >= 11 is 3.42. The first kappa shape index (κ1) is 12.6. The van der Waals surface area contributed by atoms with Crippen LogP contribution in [0.4, 0.5) is 23.0 Å². The van der Waals surface area contributed by atoms with Crippen LogP contribution < -0.4 is 16.0 Å². The van der Waals surface area contributed by atoms with E-state index in [4.69, 9.17) is 5.73 Å². The molecule has 2 rings (SSSR count). The highest BCUT2D eigenvalue weighted by molar-refractivity contribution is 9.10. The van der Waals surface area contributed by atoms with Crippen molar-refractivity contribution in [2.75, 3.05) is 30.0 Å². The minimum absolute atomic E-state index is 0.530. The standard InChI is InChI=1S/C12H14BrN5/c1-18(2)12-10(14)11(15-7-16-12)17-9-5-3-4-8(13)6-9/h3-7H,14H2,1-2H3,(H,15,16,17). The Morgan fingerprint density at radius 3 is 2.72 bits per heavy atom. The molecule has 0 saturated heterocycles. The van der Waals surface area contributed by atoms with Crippen LogP contribution in [0.3, 0.4) is 0 Å². The molecule has 94 valence electrons. The predicted molar refractivity (Wildman–Crippen MR) is 78.2 cm³/mol. The Kier molecular flexibility index (Phi) is 3.66. The molecular formula is C12H14BrN5. The van der Waals surface area contributed by atoms with Gasteiger partial charge in [-0.05, 0) is 18.2 Å². The van der Waals surface area contributed by atoms with Crippen molar-refractivity contribution in [3.63, 3.8) is 0 Å². The van der Waals surface area contributed by atoms with E-state index in [0.29, 0.717) is 17.3 Å². The van der Waals surface area contributed by atoms with Crippen LogP contribution in [0.5, 0.6) is 0 Å². The minimum Gasteiger partial charge on any atom is -0.393 e. The molecule has 3 N–H and O–H groups in total.